The van der Waals surface area contributed by atoms with Crippen molar-refractivity contribution in [2.75, 3.05) is 11.5 Å². The number of thioether (sulfide) groups is 2. The summed E-state index contributed by atoms with van der Waals surface area (Å²) in [5, 5.41) is -0.196. The van der Waals surface area contributed by atoms with Gasteiger partial charge in [0.2, 0.25) is 5.91 Å². The first kappa shape index (κ1) is 22.7. The second kappa shape index (κ2) is 9.92. The number of carbonyl (C=O) groups excluding carboxylic acids is 2. The van der Waals surface area contributed by atoms with Gasteiger partial charge in [0.1, 0.15) is 17.1 Å². The van der Waals surface area contributed by atoms with Gasteiger partial charge in [-0.2, -0.15) is 0 Å². The van der Waals surface area contributed by atoms with E-state index in [1.54, 1.807) is 23.5 Å². The summed E-state index contributed by atoms with van der Waals surface area (Å²) in [6.45, 7) is 2.03. The first-order valence-corrected chi connectivity index (χ1v) is 11.5. The summed E-state index contributed by atoms with van der Waals surface area (Å²) in [6.07, 6.45) is -0.552. The predicted octanol–water partition coefficient (Wildman–Crippen LogP) is 3.95. The second-order valence-electron chi connectivity index (χ2n) is 6.75. The van der Waals surface area contributed by atoms with E-state index in [4.69, 9.17) is 10.5 Å². The number of β-lactam (4-membered cyclic amide) rings is 1. The van der Waals surface area contributed by atoms with E-state index in [0.717, 1.165) is 21.8 Å². The molecule has 2 aliphatic heterocycles. The number of carbonyl (C=O) groups is 2. The zero-order valence-corrected chi connectivity index (χ0v) is 18.8. The summed E-state index contributed by atoms with van der Waals surface area (Å²) >= 11 is 3.17. The maximum Gasteiger partial charge on any atom is 0.356 e. The van der Waals surface area contributed by atoms with Gasteiger partial charge in [-0.3, -0.25) is 9.69 Å². The number of amides is 1. The number of nitrogens with zero attached hydrogens (tertiary/aromatic N) is 1. The van der Waals surface area contributed by atoms with Crippen LogP contribution in [0.15, 0.2) is 71.3 Å². The van der Waals surface area contributed by atoms with E-state index in [2.05, 4.69) is 0 Å². The van der Waals surface area contributed by atoms with Gasteiger partial charge in [-0.05, 0) is 16.9 Å². The van der Waals surface area contributed by atoms with Crippen LogP contribution in [0.3, 0.4) is 0 Å². The van der Waals surface area contributed by atoms with Gasteiger partial charge >= 0.3 is 5.97 Å². The third kappa shape index (κ3) is 4.25. The number of esters is 1. The Kier molecular flexibility index (Phi) is 7.52. The molecule has 0 aromatic heterocycles. The maximum atomic E-state index is 13.3. The van der Waals surface area contributed by atoms with E-state index in [-0.39, 0.29) is 23.7 Å². The first-order valence-electron chi connectivity index (χ1n) is 9.49. The highest BCUT2D eigenvalue weighted by Crippen LogP contribution is 2.43. The molecule has 30 heavy (non-hydrogen) atoms. The van der Waals surface area contributed by atoms with Crippen LogP contribution in [-0.4, -0.2) is 39.7 Å². The molecule has 2 atom stereocenters. The molecule has 158 valence electrons. The molecule has 1 amide bonds. The van der Waals surface area contributed by atoms with Gasteiger partial charge in [0.25, 0.3) is 0 Å². The monoisotopic (exact) mass is 462 g/mol. The van der Waals surface area contributed by atoms with Crippen LogP contribution < -0.4 is 5.73 Å². The molecule has 0 spiro atoms. The van der Waals surface area contributed by atoms with Crippen LogP contribution in [0.1, 0.15) is 24.2 Å². The average molecular weight is 463 g/mol. The molecule has 1 saturated heterocycles. The molecule has 1 unspecified atom stereocenters. The van der Waals surface area contributed by atoms with Gasteiger partial charge in [-0.1, -0.05) is 67.6 Å². The normalized spacial score (nSPS) is 20.4. The van der Waals surface area contributed by atoms with Crippen molar-refractivity contribution in [3.8, 4) is 0 Å². The van der Waals surface area contributed by atoms with Crippen LogP contribution in [0.5, 0.6) is 0 Å². The number of hydrogen-bond donors (Lipinski definition) is 1. The largest absolute Gasteiger partial charge is 0.448 e. The van der Waals surface area contributed by atoms with E-state index in [9.17, 15) is 9.59 Å². The third-order valence-electron chi connectivity index (χ3n) is 4.92. The Labute approximate surface area is 190 Å². The van der Waals surface area contributed by atoms with E-state index in [1.807, 2.05) is 67.6 Å². The van der Waals surface area contributed by atoms with Gasteiger partial charge in [-0.25, -0.2) is 4.79 Å². The molecule has 4 rings (SSSR count). The number of fused-ring (bicyclic) bond motifs is 1. The Balaban J connectivity index is 0.00000256. The number of rotatable bonds is 6. The zero-order chi connectivity index (χ0) is 20.4. The molecule has 2 aliphatic rings. The van der Waals surface area contributed by atoms with Crippen molar-refractivity contribution < 1.29 is 14.3 Å². The van der Waals surface area contributed by atoms with E-state index in [0.29, 0.717) is 11.4 Å². The summed E-state index contributed by atoms with van der Waals surface area (Å²) in [7, 11) is 0. The molecule has 2 aromatic rings. The van der Waals surface area contributed by atoms with Crippen LogP contribution in [0.4, 0.5) is 0 Å². The lowest BCUT2D eigenvalue weighted by Gasteiger charge is -2.48. The Morgan fingerprint density at radius 3 is 2.27 bits per heavy atom. The molecule has 1 fully saturated rings. The fourth-order valence-corrected chi connectivity index (χ4v) is 5.85. The summed E-state index contributed by atoms with van der Waals surface area (Å²) in [5.74, 6) is 0.766. The van der Waals surface area contributed by atoms with Gasteiger partial charge in [0, 0.05) is 10.7 Å². The van der Waals surface area contributed by atoms with Crippen LogP contribution >= 0.6 is 35.9 Å². The van der Waals surface area contributed by atoms with Crippen LogP contribution in [0, 0.1) is 0 Å². The molecule has 0 bridgehead atoms. The summed E-state index contributed by atoms with van der Waals surface area (Å²) in [5.41, 5.74) is 8.06. The van der Waals surface area contributed by atoms with Crippen LogP contribution in [0.2, 0.25) is 0 Å². The Morgan fingerprint density at radius 2 is 1.73 bits per heavy atom. The van der Waals surface area contributed by atoms with Crippen molar-refractivity contribution in [3.05, 3.63) is 82.4 Å². The minimum Gasteiger partial charge on any atom is -0.448 e. The third-order valence-corrected chi connectivity index (χ3v) is 7.37. The lowest BCUT2D eigenvalue weighted by Crippen LogP contribution is -2.68. The first-order chi connectivity index (χ1) is 14.1. The van der Waals surface area contributed by atoms with Crippen LogP contribution in [0.25, 0.3) is 0 Å². The molecule has 2 aromatic carbocycles. The standard InChI is InChI=1S/C22H22N2O3S2.ClH/c1-2-28-16-13-29-21-17(23)20(25)24(21)18(16)22(26)27-19(14-9-5-3-6-10-14)15-11-7-4-8-12-15;/h3-12,17,19,21H,2,13,23H2,1H3;1H/t17?,21-;/m0./s1. The maximum absolute atomic E-state index is 13.3. The van der Waals surface area contributed by atoms with Crippen molar-refractivity contribution in [1.82, 2.24) is 4.90 Å². The van der Waals surface area contributed by atoms with Gasteiger partial charge in [0.15, 0.2) is 6.10 Å². The van der Waals surface area contributed by atoms with Crippen molar-refractivity contribution in [3.63, 3.8) is 0 Å². The fourth-order valence-electron chi connectivity index (χ4n) is 3.51. The number of ether oxygens (including phenoxy) is 1. The van der Waals surface area contributed by atoms with Crippen molar-refractivity contribution >= 4 is 47.8 Å². The quantitative estimate of drug-likeness (QED) is 0.517. The zero-order valence-electron chi connectivity index (χ0n) is 16.4. The van der Waals surface area contributed by atoms with Crippen molar-refractivity contribution in [1.29, 1.82) is 0 Å². The SMILES string of the molecule is CCSC1=C(C(=O)OC(c2ccccc2)c2ccccc2)N2C(=O)C(N)[C@@H]2SC1.Cl. The molecule has 5 nitrogen and oxygen atoms in total. The van der Waals surface area contributed by atoms with Crippen LogP contribution in [-0.2, 0) is 14.3 Å². The highest BCUT2D eigenvalue weighted by molar-refractivity contribution is 8.06. The molecular weight excluding hydrogens is 440 g/mol. The van der Waals surface area contributed by atoms with Crippen molar-refractivity contribution in [2.24, 2.45) is 5.73 Å². The van der Waals surface area contributed by atoms with Crippen molar-refractivity contribution in [2.45, 2.75) is 24.4 Å². The molecule has 0 aliphatic carbocycles. The Hall–Kier alpha value is -1.93. The number of nitrogens with two attached hydrogens (primary N) is 1. The van der Waals surface area contributed by atoms with Gasteiger partial charge < -0.3 is 10.5 Å². The second-order valence-corrected chi connectivity index (χ2v) is 9.21. The fraction of sp³-hybridized carbons (Fsp3) is 0.273. The summed E-state index contributed by atoms with van der Waals surface area (Å²) < 4.78 is 6.02. The lowest BCUT2D eigenvalue weighted by atomic mass is 10.0. The molecular formula is C22H23ClN2O3S2. The molecule has 2 N–H and O–H groups in total. The molecule has 2 heterocycles. The predicted molar refractivity (Wildman–Crippen MR) is 124 cm³/mol. The Morgan fingerprint density at radius 1 is 1.17 bits per heavy atom. The van der Waals surface area contributed by atoms with Gasteiger partial charge in [0.05, 0.1) is 0 Å². The topological polar surface area (TPSA) is 72.6 Å². The van der Waals surface area contributed by atoms with Gasteiger partial charge in [-0.15, -0.1) is 35.9 Å². The Bertz CT molecular complexity index is 900. The minimum atomic E-state index is -0.560. The molecule has 8 heteroatoms. The molecule has 0 saturated carbocycles. The highest BCUT2D eigenvalue weighted by Gasteiger charge is 2.52. The number of hydrogen-bond acceptors (Lipinski definition) is 6. The summed E-state index contributed by atoms with van der Waals surface area (Å²) in [6, 6.07) is 18.7. The highest BCUT2D eigenvalue weighted by atomic mass is 35.5. The van der Waals surface area contributed by atoms with E-state index in [1.165, 1.54) is 4.90 Å². The average Bonchev–Trinajstić information content (AvgIpc) is 2.77. The number of benzene rings is 2. The smallest absolute Gasteiger partial charge is 0.356 e. The number of halogens is 1. The molecule has 0 radical (unpaired) electrons. The van der Waals surface area contributed by atoms with E-state index < -0.39 is 18.1 Å². The lowest BCUT2D eigenvalue weighted by molar-refractivity contribution is -0.152. The summed E-state index contributed by atoms with van der Waals surface area (Å²) in [4.78, 5) is 28.2. The minimum absolute atomic E-state index is 0. The van der Waals surface area contributed by atoms with E-state index >= 15 is 0 Å².